The van der Waals surface area contributed by atoms with E-state index in [1.807, 2.05) is 36.4 Å². The normalized spacial score (nSPS) is 22.9. The van der Waals surface area contributed by atoms with Crippen LogP contribution in [0.15, 0.2) is 47.1 Å². The summed E-state index contributed by atoms with van der Waals surface area (Å²) in [4.78, 5) is 16.6. The zero-order valence-corrected chi connectivity index (χ0v) is 10.1. The van der Waals surface area contributed by atoms with Crippen LogP contribution in [-0.4, -0.2) is 11.7 Å². The summed E-state index contributed by atoms with van der Waals surface area (Å²) in [5.74, 6) is -0.575. The van der Waals surface area contributed by atoms with Crippen molar-refractivity contribution in [1.82, 2.24) is 0 Å². The topological polar surface area (TPSA) is 38.7 Å². The number of allylic oxidation sites excluding steroid dienone is 1. The van der Waals surface area contributed by atoms with Crippen molar-refractivity contribution in [1.29, 1.82) is 0 Å². The number of hydrogen-bond donors (Lipinski definition) is 0. The highest BCUT2D eigenvalue weighted by atomic mass is 16.7. The van der Waals surface area contributed by atoms with Gasteiger partial charge in [-0.3, -0.25) is 0 Å². The standard InChI is InChI=1S/C15H15NO2/c17-15-13(10-11-6-4-5-7-11)14(16-18-15)12-8-2-1-3-9-12/h1-3,8-10,13H,4-7H2. The van der Waals surface area contributed by atoms with Crippen molar-refractivity contribution >= 4 is 11.7 Å². The number of oxime groups is 1. The highest BCUT2D eigenvalue weighted by Crippen LogP contribution is 2.28. The van der Waals surface area contributed by atoms with Crippen LogP contribution in [0.1, 0.15) is 31.2 Å². The van der Waals surface area contributed by atoms with Gasteiger partial charge in [0, 0.05) is 5.56 Å². The molecule has 0 amide bonds. The lowest BCUT2D eigenvalue weighted by molar-refractivity contribution is -0.142. The molecule has 1 aliphatic carbocycles. The molecule has 1 aromatic rings. The molecule has 1 aromatic carbocycles. The molecule has 1 aliphatic heterocycles. The van der Waals surface area contributed by atoms with Crippen molar-refractivity contribution < 1.29 is 9.63 Å². The zero-order valence-electron chi connectivity index (χ0n) is 10.1. The van der Waals surface area contributed by atoms with E-state index in [0.717, 1.165) is 24.1 Å². The van der Waals surface area contributed by atoms with Gasteiger partial charge in [0.1, 0.15) is 11.6 Å². The third-order valence-electron chi connectivity index (χ3n) is 3.50. The van der Waals surface area contributed by atoms with E-state index in [1.165, 1.54) is 18.4 Å². The number of carbonyl (C=O) groups is 1. The Kier molecular flexibility index (Phi) is 2.97. The molecule has 3 nitrogen and oxygen atoms in total. The zero-order chi connectivity index (χ0) is 12.4. The summed E-state index contributed by atoms with van der Waals surface area (Å²) in [6.45, 7) is 0. The molecule has 3 rings (SSSR count). The Labute approximate surface area is 106 Å². The first-order valence-corrected chi connectivity index (χ1v) is 6.38. The maximum atomic E-state index is 11.8. The van der Waals surface area contributed by atoms with Gasteiger partial charge in [-0.15, -0.1) is 0 Å². The maximum Gasteiger partial charge on any atom is 0.347 e. The summed E-state index contributed by atoms with van der Waals surface area (Å²) in [7, 11) is 0. The summed E-state index contributed by atoms with van der Waals surface area (Å²) >= 11 is 0. The molecular weight excluding hydrogens is 226 g/mol. The Morgan fingerprint density at radius 1 is 1.17 bits per heavy atom. The molecular formula is C15H15NO2. The quantitative estimate of drug-likeness (QED) is 0.589. The Morgan fingerprint density at radius 2 is 1.89 bits per heavy atom. The molecule has 3 heteroatoms. The average molecular weight is 241 g/mol. The monoisotopic (exact) mass is 241 g/mol. The van der Waals surface area contributed by atoms with Gasteiger partial charge < -0.3 is 4.84 Å². The van der Waals surface area contributed by atoms with E-state index in [9.17, 15) is 4.79 Å². The summed E-state index contributed by atoms with van der Waals surface area (Å²) < 4.78 is 0. The molecule has 0 saturated heterocycles. The number of benzene rings is 1. The Morgan fingerprint density at radius 3 is 2.61 bits per heavy atom. The van der Waals surface area contributed by atoms with E-state index in [1.54, 1.807) is 0 Å². The van der Waals surface area contributed by atoms with Crippen LogP contribution in [0.4, 0.5) is 0 Å². The van der Waals surface area contributed by atoms with Gasteiger partial charge in [0.2, 0.25) is 0 Å². The van der Waals surface area contributed by atoms with Gasteiger partial charge in [-0.25, -0.2) is 4.79 Å². The highest BCUT2D eigenvalue weighted by Gasteiger charge is 2.32. The van der Waals surface area contributed by atoms with E-state index in [4.69, 9.17) is 4.84 Å². The maximum absolute atomic E-state index is 11.8. The van der Waals surface area contributed by atoms with Gasteiger partial charge in [-0.2, -0.15) is 0 Å². The molecule has 2 aliphatic rings. The predicted octanol–water partition coefficient (Wildman–Crippen LogP) is 3.06. The second kappa shape index (κ2) is 4.77. The second-order valence-corrected chi connectivity index (χ2v) is 4.76. The molecule has 1 heterocycles. The second-order valence-electron chi connectivity index (χ2n) is 4.76. The first kappa shape index (κ1) is 11.2. The Bertz CT molecular complexity index is 509. The number of hydrogen-bond acceptors (Lipinski definition) is 3. The summed E-state index contributed by atoms with van der Waals surface area (Å²) in [5, 5.41) is 3.93. The van der Waals surface area contributed by atoms with E-state index in [-0.39, 0.29) is 11.9 Å². The van der Waals surface area contributed by atoms with E-state index in [0.29, 0.717) is 0 Å². The predicted molar refractivity (Wildman–Crippen MR) is 69.1 cm³/mol. The summed E-state index contributed by atoms with van der Waals surface area (Å²) in [6.07, 6.45) is 6.71. The smallest absolute Gasteiger partial charge is 0.317 e. The van der Waals surface area contributed by atoms with Gasteiger partial charge in [0.05, 0.1) is 0 Å². The largest absolute Gasteiger partial charge is 0.347 e. The van der Waals surface area contributed by atoms with Crippen LogP contribution in [0.2, 0.25) is 0 Å². The van der Waals surface area contributed by atoms with Gasteiger partial charge in [-0.1, -0.05) is 47.1 Å². The molecule has 0 spiro atoms. The van der Waals surface area contributed by atoms with Crippen LogP contribution in [-0.2, 0) is 9.63 Å². The Balaban J connectivity index is 1.90. The molecule has 0 aromatic heterocycles. The fourth-order valence-corrected chi connectivity index (χ4v) is 2.54. The molecule has 1 unspecified atom stereocenters. The van der Waals surface area contributed by atoms with Crippen LogP contribution in [0.25, 0.3) is 0 Å². The average Bonchev–Trinajstić information content (AvgIpc) is 3.03. The Hall–Kier alpha value is -1.90. The number of nitrogens with zero attached hydrogens (tertiary/aromatic N) is 1. The lowest BCUT2D eigenvalue weighted by Crippen LogP contribution is -2.17. The van der Waals surface area contributed by atoms with E-state index < -0.39 is 0 Å². The highest BCUT2D eigenvalue weighted by molar-refractivity contribution is 6.15. The molecule has 0 N–H and O–H groups in total. The molecule has 0 radical (unpaired) electrons. The first-order chi connectivity index (χ1) is 8.84. The van der Waals surface area contributed by atoms with Gasteiger partial charge in [0.25, 0.3) is 0 Å². The van der Waals surface area contributed by atoms with Crippen molar-refractivity contribution in [3.63, 3.8) is 0 Å². The summed E-state index contributed by atoms with van der Waals surface area (Å²) in [5.41, 5.74) is 3.06. The van der Waals surface area contributed by atoms with Crippen molar-refractivity contribution in [2.45, 2.75) is 25.7 Å². The summed E-state index contributed by atoms with van der Waals surface area (Å²) in [6, 6.07) is 9.76. The van der Waals surface area contributed by atoms with Gasteiger partial charge in [0.15, 0.2) is 0 Å². The van der Waals surface area contributed by atoms with Crippen molar-refractivity contribution in [2.75, 3.05) is 0 Å². The van der Waals surface area contributed by atoms with Gasteiger partial charge >= 0.3 is 5.97 Å². The lowest BCUT2D eigenvalue weighted by atomic mass is 9.95. The minimum absolute atomic E-state index is 0.256. The first-order valence-electron chi connectivity index (χ1n) is 6.38. The minimum Gasteiger partial charge on any atom is -0.317 e. The molecule has 0 bridgehead atoms. The minimum atomic E-state index is -0.319. The third kappa shape index (κ3) is 2.08. The van der Waals surface area contributed by atoms with Crippen LogP contribution >= 0.6 is 0 Å². The lowest BCUT2D eigenvalue weighted by Gasteiger charge is -2.05. The fraction of sp³-hybridized carbons (Fsp3) is 0.333. The third-order valence-corrected chi connectivity index (χ3v) is 3.50. The number of rotatable bonds is 2. The van der Waals surface area contributed by atoms with E-state index >= 15 is 0 Å². The molecule has 92 valence electrons. The molecule has 18 heavy (non-hydrogen) atoms. The van der Waals surface area contributed by atoms with Crippen molar-refractivity contribution in [3.8, 4) is 0 Å². The van der Waals surface area contributed by atoms with Crippen molar-refractivity contribution in [3.05, 3.63) is 47.5 Å². The molecule has 1 saturated carbocycles. The molecule has 1 atom stereocenters. The van der Waals surface area contributed by atoms with Crippen LogP contribution in [0.3, 0.4) is 0 Å². The van der Waals surface area contributed by atoms with Crippen LogP contribution in [0, 0.1) is 5.92 Å². The van der Waals surface area contributed by atoms with Crippen LogP contribution < -0.4 is 0 Å². The van der Waals surface area contributed by atoms with Crippen molar-refractivity contribution in [2.24, 2.45) is 11.1 Å². The van der Waals surface area contributed by atoms with Gasteiger partial charge in [-0.05, 0) is 25.7 Å². The van der Waals surface area contributed by atoms with Crippen LogP contribution in [0.5, 0.6) is 0 Å². The fourth-order valence-electron chi connectivity index (χ4n) is 2.54. The number of carbonyl (C=O) groups excluding carboxylic acids is 1. The van der Waals surface area contributed by atoms with E-state index in [2.05, 4.69) is 5.16 Å². The molecule has 1 fully saturated rings. The SMILES string of the molecule is O=C1ON=C(c2ccccc2)C1C=C1CCCC1.